The Labute approximate surface area is 144 Å². The van der Waals surface area contributed by atoms with Gasteiger partial charge in [0.2, 0.25) is 0 Å². The Morgan fingerprint density at radius 1 is 0.920 bits per heavy atom. The molecule has 0 heterocycles. The van der Waals surface area contributed by atoms with Gasteiger partial charge >= 0.3 is 0 Å². The molecule has 0 aliphatic heterocycles. The highest BCUT2D eigenvalue weighted by molar-refractivity contribution is 7.85. The first-order valence-corrected chi connectivity index (χ1v) is 8.75. The number of aromatic hydroxyl groups is 1. The van der Waals surface area contributed by atoms with Gasteiger partial charge in [0.25, 0.3) is 10.1 Å². The van der Waals surface area contributed by atoms with Crippen LogP contribution >= 0.6 is 0 Å². The summed E-state index contributed by atoms with van der Waals surface area (Å²) in [5.74, 6) is -0.240. The highest BCUT2D eigenvalue weighted by Crippen LogP contribution is 2.32. The summed E-state index contributed by atoms with van der Waals surface area (Å²) >= 11 is 0. The Balaban J connectivity index is 1.98. The molecule has 25 heavy (non-hydrogen) atoms. The molecule has 0 aliphatic rings. The maximum absolute atomic E-state index is 11.3. The molecule has 8 heteroatoms. The molecule has 3 aromatic carbocycles. The molecular formula is C17H15N3O4S. The van der Waals surface area contributed by atoms with Crippen molar-refractivity contribution in [2.75, 3.05) is 12.4 Å². The van der Waals surface area contributed by atoms with E-state index in [-0.39, 0.29) is 10.6 Å². The number of rotatable bonds is 4. The normalized spacial score (nSPS) is 11.9. The number of fused-ring (bicyclic) bond motifs is 1. The first-order chi connectivity index (χ1) is 11.9. The van der Waals surface area contributed by atoms with Crippen LogP contribution in [0.25, 0.3) is 10.8 Å². The smallest absolute Gasteiger partial charge is 0.294 e. The molecule has 0 fully saturated rings. The molecule has 0 aliphatic carbocycles. The number of phenolic OH excluding ortho intramolecular Hbond substituents is 1. The van der Waals surface area contributed by atoms with Gasteiger partial charge in [-0.1, -0.05) is 0 Å². The summed E-state index contributed by atoms with van der Waals surface area (Å²) in [6.45, 7) is 0. The number of nitrogens with zero attached hydrogens (tertiary/aromatic N) is 2. The second-order valence-corrected chi connectivity index (χ2v) is 6.74. The molecule has 3 N–H and O–H groups in total. The molecule has 0 saturated heterocycles. The minimum atomic E-state index is -4.41. The van der Waals surface area contributed by atoms with E-state index >= 15 is 0 Å². The lowest BCUT2D eigenvalue weighted by molar-refractivity contribution is 0.471. The highest BCUT2D eigenvalue weighted by Gasteiger charge is 2.13. The summed E-state index contributed by atoms with van der Waals surface area (Å²) in [6.07, 6.45) is 0. The zero-order chi connectivity index (χ0) is 18.0. The maximum Gasteiger partial charge on any atom is 0.294 e. The summed E-state index contributed by atoms with van der Waals surface area (Å²) in [4.78, 5) is -0.380. The standard InChI is InChI=1S/C17H15N3O4S/c1-18-12-2-4-13(5-3-12)19-20-14-6-7-16-11(8-14)9-15(10-17(16)21)25(22,23)24/h2-10,18,21H,1H3,(H,22,23,24). The van der Waals surface area contributed by atoms with Crippen molar-refractivity contribution in [1.29, 1.82) is 0 Å². The first-order valence-electron chi connectivity index (χ1n) is 7.30. The van der Waals surface area contributed by atoms with Gasteiger partial charge in [0.15, 0.2) is 0 Å². The number of hydrogen-bond acceptors (Lipinski definition) is 6. The van der Waals surface area contributed by atoms with Crippen molar-refractivity contribution in [3.8, 4) is 5.75 Å². The third-order valence-corrected chi connectivity index (χ3v) is 4.45. The molecule has 0 spiro atoms. The van der Waals surface area contributed by atoms with Crippen LogP contribution in [0.15, 0.2) is 69.7 Å². The average Bonchev–Trinajstić information content (AvgIpc) is 2.59. The van der Waals surface area contributed by atoms with Crippen LogP contribution in [0.2, 0.25) is 0 Å². The van der Waals surface area contributed by atoms with Crippen molar-refractivity contribution in [3.63, 3.8) is 0 Å². The van der Waals surface area contributed by atoms with Crippen LogP contribution in [0, 0.1) is 0 Å². The molecular weight excluding hydrogens is 342 g/mol. The zero-order valence-electron chi connectivity index (χ0n) is 13.2. The predicted molar refractivity (Wildman–Crippen MR) is 95.6 cm³/mol. The van der Waals surface area contributed by atoms with Crippen molar-refractivity contribution in [2.45, 2.75) is 4.90 Å². The Kier molecular flexibility index (Phi) is 4.39. The molecule has 7 nitrogen and oxygen atoms in total. The van der Waals surface area contributed by atoms with Crippen molar-refractivity contribution in [2.24, 2.45) is 10.2 Å². The Bertz CT molecular complexity index is 1060. The summed E-state index contributed by atoms with van der Waals surface area (Å²) in [6, 6.07) is 14.5. The van der Waals surface area contributed by atoms with Crippen molar-refractivity contribution >= 4 is 38.0 Å². The fourth-order valence-corrected chi connectivity index (χ4v) is 2.87. The van der Waals surface area contributed by atoms with E-state index in [0.717, 1.165) is 11.8 Å². The van der Waals surface area contributed by atoms with Gasteiger partial charge in [0, 0.05) is 24.2 Å². The van der Waals surface area contributed by atoms with E-state index in [9.17, 15) is 13.5 Å². The molecule has 0 radical (unpaired) electrons. The van der Waals surface area contributed by atoms with E-state index in [1.54, 1.807) is 30.3 Å². The molecule has 3 rings (SSSR count). The minimum Gasteiger partial charge on any atom is -0.507 e. The predicted octanol–water partition coefficient (Wildman–Crippen LogP) is 4.25. The summed E-state index contributed by atoms with van der Waals surface area (Å²) in [7, 11) is -2.59. The molecule has 0 amide bonds. The molecule has 128 valence electrons. The summed E-state index contributed by atoms with van der Waals surface area (Å²) in [5, 5.41) is 22.0. The van der Waals surface area contributed by atoms with Crippen molar-refractivity contribution < 1.29 is 18.1 Å². The Hall–Kier alpha value is -2.97. The fourth-order valence-electron chi connectivity index (χ4n) is 2.33. The van der Waals surface area contributed by atoms with E-state index in [1.807, 2.05) is 19.2 Å². The second kappa shape index (κ2) is 6.50. The number of benzene rings is 3. The zero-order valence-corrected chi connectivity index (χ0v) is 14.0. The quantitative estimate of drug-likeness (QED) is 0.477. The van der Waals surface area contributed by atoms with Gasteiger partial charge in [-0.3, -0.25) is 4.55 Å². The monoisotopic (exact) mass is 357 g/mol. The van der Waals surface area contributed by atoms with E-state index in [2.05, 4.69) is 15.5 Å². The first kappa shape index (κ1) is 16.9. The van der Waals surface area contributed by atoms with Crippen LogP contribution in [0.5, 0.6) is 5.75 Å². The maximum atomic E-state index is 11.3. The molecule has 0 aromatic heterocycles. The van der Waals surface area contributed by atoms with Gasteiger partial charge < -0.3 is 10.4 Å². The van der Waals surface area contributed by atoms with E-state index in [1.165, 1.54) is 6.07 Å². The molecule has 0 atom stereocenters. The van der Waals surface area contributed by atoms with Gasteiger partial charge in [-0.05, 0) is 53.9 Å². The van der Waals surface area contributed by atoms with Crippen LogP contribution in [0.1, 0.15) is 0 Å². The van der Waals surface area contributed by atoms with Crippen LogP contribution in [0.3, 0.4) is 0 Å². The van der Waals surface area contributed by atoms with E-state index < -0.39 is 10.1 Å². The molecule has 3 aromatic rings. The summed E-state index contributed by atoms with van der Waals surface area (Å²) < 4.78 is 31.7. The van der Waals surface area contributed by atoms with E-state index in [4.69, 9.17) is 4.55 Å². The number of azo groups is 1. The minimum absolute atomic E-state index is 0.240. The highest BCUT2D eigenvalue weighted by atomic mass is 32.2. The average molecular weight is 357 g/mol. The molecule has 0 saturated carbocycles. The number of hydrogen-bond donors (Lipinski definition) is 3. The van der Waals surface area contributed by atoms with Crippen LogP contribution in [0.4, 0.5) is 17.1 Å². The van der Waals surface area contributed by atoms with Crippen LogP contribution in [-0.4, -0.2) is 25.1 Å². The Morgan fingerprint density at radius 3 is 2.20 bits per heavy atom. The topological polar surface area (TPSA) is 111 Å². The second-order valence-electron chi connectivity index (χ2n) is 5.32. The number of phenols is 1. The lowest BCUT2D eigenvalue weighted by Crippen LogP contribution is -1.97. The van der Waals surface area contributed by atoms with Gasteiger partial charge in [-0.15, -0.1) is 0 Å². The van der Waals surface area contributed by atoms with Crippen LogP contribution < -0.4 is 5.32 Å². The van der Waals surface area contributed by atoms with Gasteiger partial charge in [0.1, 0.15) is 5.75 Å². The van der Waals surface area contributed by atoms with Crippen molar-refractivity contribution in [1.82, 2.24) is 0 Å². The number of nitrogens with one attached hydrogen (secondary N) is 1. The molecule has 0 unspecified atom stereocenters. The number of anilines is 1. The molecule has 0 bridgehead atoms. The van der Waals surface area contributed by atoms with Gasteiger partial charge in [-0.25, -0.2) is 0 Å². The third kappa shape index (κ3) is 3.76. The van der Waals surface area contributed by atoms with Gasteiger partial charge in [-0.2, -0.15) is 18.6 Å². The SMILES string of the molecule is CNc1ccc(N=Nc2ccc3c(O)cc(S(=O)(=O)O)cc3c2)cc1. The van der Waals surface area contributed by atoms with Gasteiger partial charge in [0.05, 0.1) is 16.3 Å². The largest absolute Gasteiger partial charge is 0.507 e. The van der Waals surface area contributed by atoms with E-state index in [0.29, 0.717) is 22.1 Å². The van der Waals surface area contributed by atoms with Crippen LogP contribution in [-0.2, 0) is 10.1 Å². The van der Waals surface area contributed by atoms with Crippen molar-refractivity contribution in [3.05, 3.63) is 54.6 Å². The lowest BCUT2D eigenvalue weighted by atomic mass is 10.1. The lowest BCUT2D eigenvalue weighted by Gasteiger charge is -2.05. The third-order valence-electron chi connectivity index (χ3n) is 3.62. The summed E-state index contributed by atoms with van der Waals surface area (Å²) in [5.41, 5.74) is 2.10. The fraction of sp³-hybridized carbons (Fsp3) is 0.0588. The Morgan fingerprint density at radius 2 is 1.56 bits per heavy atom.